The molecule has 3 heterocycles. The molecule has 1 spiro atoms. The van der Waals surface area contributed by atoms with E-state index >= 15 is 0 Å². The highest BCUT2D eigenvalue weighted by Crippen LogP contribution is 2.30. The Bertz CT molecular complexity index is 629. The predicted molar refractivity (Wildman–Crippen MR) is 85.9 cm³/mol. The Morgan fingerprint density at radius 1 is 1.33 bits per heavy atom. The zero-order valence-corrected chi connectivity index (χ0v) is 14.5. The van der Waals surface area contributed by atoms with Crippen LogP contribution in [0.4, 0.5) is 4.79 Å². The number of amides is 3. The van der Waals surface area contributed by atoms with Gasteiger partial charge in [0.2, 0.25) is 0 Å². The maximum atomic E-state index is 12.7. The first kappa shape index (κ1) is 16.8. The molecule has 1 N–H and O–H groups in total. The lowest BCUT2D eigenvalue weighted by atomic mass is 9.98. The fourth-order valence-corrected chi connectivity index (χ4v) is 3.43. The van der Waals surface area contributed by atoms with Gasteiger partial charge in [0.05, 0.1) is 6.54 Å². The number of hydrogen-bond acceptors (Lipinski definition) is 6. The summed E-state index contributed by atoms with van der Waals surface area (Å²) in [5, 5.41) is 14.8. The van der Waals surface area contributed by atoms with Gasteiger partial charge in [-0.2, -0.15) is 0 Å². The van der Waals surface area contributed by atoms with Gasteiger partial charge < -0.3 is 5.32 Å². The number of hydrogen-bond donors (Lipinski definition) is 1. The molecule has 9 nitrogen and oxygen atoms in total. The molecular formula is C15H25N7O2. The number of carbonyl (C=O) groups excluding carboxylic acids is 2. The van der Waals surface area contributed by atoms with E-state index in [0.29, 0.717) is 19.5 Å². The Labute approximate surface area is 141 Å². The van der Waals surface area contributed by atoms with E-state index in [2.05, 4.69) is 32.7 Å². The summed E-state index contributed by atoms with van der Waals surface area (Å²) in [6.45, 7) is 8.46. The molecule has 2 saturated heterocycles. The minimum Gasteiger partial charge on any atom is -0.322 e. The molecular weight excluding hydrogens is 310 g/mol. The molecule has 1 aromatic heterocycles. The van der Waals surface area contributed by atoms with Crippen LogP contribution in [0.5, 0.6) is 0 Å². The molecule has 3 rings (SSSR count). The number of urea groups is 1. The van der Waals surface area contributed by atoms with Crippen LogP contribution in [0.25, 0.3) is 0 Å². The van der Waals surface area contributed by atoms with Gasteiger partial charge in [-0.3, -0.25) is 14.6 Å². The molecule has 1 aromatic rings. The minimum absolute atomic E-state index is 0.115. The van der Waals surface area contributed by atoms with Crippen LogP contribution in [0.15, 0.2) is 0 Å². The van der Waals surface area contributed by atoms with E-state index in [1.54, 1.807) is 0 Å². The molecule has 2 fully saturated rings. The quantitative estimate of drug-likeness (QED) is 0.755. The van der Waals surface area contributed by atoms with Crippen LogP contribution in [0, 0.1) is 0 Å². The summed E-state index contributed by atoms with van der Waals surface area (Å²) in [7, 11) is 0. The molecule has 0 aromatic carbocycles. The molecule has 1 atom stereocenters. The van der Waals surface area contributed by atoms with Gasteiger partial charge in [0.25, 0.3) is 5.91 Å². The number of likely N-dealkylation sites (tertiary alicyclic amines) is 1. The highest BCUT2D eigenvalue weighted by atomic mass is 16.2. The van der Waals surface area contributed by atoms with Gasteiger partial charge in [0.1, 0.15) is 5.54 Å². The molecule has 0 bridgehead atoms. The van der Waals surface area contributed by atoms with Crippen LogP contribution in [-0.4, -0.2) is 66.6 Å². The SMILES string of the molecule is CCCCn1nnnc1CN1CC[C@]2(C1)NC(=O)N(C(C)C)C2=O. The molecule has 2 aliphatic heterocycles. The van der Waals surface area contributed by atoms with Gasteiger partial charge >= 0.3 is 6.03 Å². The molecule has 3 amide bonds. The highest BCUT2D eigenvalue weighted by Gasteiger charge is 2.55. The van der Waals surface area contributed by atoms with E-state index in [1.807, 2.05) is 18.5 Å². The van der Waals surface area contributed by atoms with Crippen LogP contribution in [0.3, 0.4) is 0 Å². The third kappa shape index (κ3) is 2.88. The van der Waals surface area contributed by atoms with E-state index in [4.69, 9.17) is 0 Å². The van der Waals surface area contributed by atoms with Crippen molar-refractivity contribution in [3.05, 3.63) is 5.82 Å². The van der Waals surface area contributed by atoms with Crippen molar-refractivity contribution in [1.29, 1.82) is 0 Å². The van der Waals surface area contributed by atoms with Crippen molar-refractivity contribution in [1.82, 2.24) is 35.3 Å². The van der Waals surface area contributed by atoms with Gasteiger partial charge in [-0.15, -0.1) is 5.10 Å². The summed E-state index contributed by atoms with van der Waals surface area (Å²) in [5.41, 5.74) is -0.789. The number of aromatic nitrogens is 4. The third-order valence-corrected chi connectivity index (χ3v) is 4.75. The molecule has 0 aliphatic carbocycles. The van der Waals surface area contributed by atoms with Crippen LogP contribution in [-0.2, 0) is 17.9 Å². The molecule has 0 radical (unpaired) electrons. The van der Waals surface area contributed by atoms with Gasteiger partial charge in [-0.1, -0.05) is 13.3 Å². The number of nitrogens with one attached hydrogen (secondary N) is 1. The van der Waals surface area contributed by atoms with Crippen molar-refractivity contribution in [3.63, 3.8) is 0 Å². The normalized spacial score (nSPS) is 24.6. The average Bonchev–Trinajstić information content (AvgIpc) is 3.18. The summed E-state index contributed by atoms with van der Waals surface area (Å²) >= 11 is 0. The molecule has 9 heteroatoms. The Hall–Kier alpha value is -2.03. The van der Waals surface area contributed by atoms with E-state index in [1.165, 1.54) is 4.90 Å². The van der Waals surface area contributed by atoms with E-state index in [-0.39, 0.29) is 18.0 Å². The van der Waals surface area contributed by atoms with Crippen molar-refractivity contribution >= 4 is 11.9 Å². The molecule has 24 heavy (non-hydrogen) atoms. The maximum absolute atomic E-state index is 12.7. The first-order valence-electron chi connectivity index (χ1n) is 8.60. The second-order valence-corrected chi connectivity index (χ2v) is 6.91. The van der Waals surface area contributed by atoms with Gasteiger partial charge in [-0.25, -0.2) is 9.48 Å². The average molecular weight is 335 g/mol. The maximum Gasteiger partial charge on any atom is 0.325 e. The Morgan fingerprint density at radius 2 is 2.12 bits per heavy atom. The molecule has 132 valence electrons. The van der Waals surface area contributed by atoms with Gasteiger partial charge in [-0.05, 0) is 37.1 Å². The zero-order valence-electron chi connectivity index (χ0n) is 14.5. The molecule has 0 saturated carbocycles. The summed E-state index contributed by atoms with van der Waals surface area (Å²) in [5.74, 6) is 0.688. The van der Waals surface area contributed by atoms with Crippen molar-refractivity contribution in [2.45, 2.75) is 64.7 Å². The second kappa shape index (κ2) is 6.46. The third-order valence-electron chi connectivity index (χ3n) is 4.75. The monoisotopic (exact) mass is 335 g/mol. The summed E-state index contributed by atoms with van der Waals surface area (Å²) < 4.78 is 1.82. The minimum atomic E-state index is -0.789. The van der Waals surface area contributed by atoms with E-state index in [9.17, 15) is 9.59 Å². The Balaban J connectivity index is 1.67. The van der Waals surface area contributed by atoms with Crippen molar-refractivity contribution < 1.29 is 9.59 Å². The Morgan fingerprint density at radius 3 is 2.79 bits per heavy atom. The first-order valence-corrected chi connectivity index (χ1v) is 8.60. The standard InChI is InChI=1S/C15H25N7O2/c1-4-5-7-21-12(17-18-19-21)9-20-8-6-15(10-20)13(23)22(11(2)3)14(24)16-15/h11H,4-10H2,1-3H3,(H,16,24)/t15-/m1/s1. The number of tetrazole rings is 1. The van der Waals surface area contributed by atoms with E-state index < -0.39 is 5.54 Å². The van der Waals surface area contributed by atoms with Crippen LogP contribution in [0.1, 0.15) is 45.9 Å². The van der Waals surface area contributed by atoms with Gasteiger partial charge in [0.15, 0.2) is 5.82 Å². The van der Waals surface area contributed by atoms with Crippen LogP contribution < -0.4 is 5.32 Å². The lowest BCUT2D eigenvalue weighted by molar-refractivity contribution is -0.132. The van der Waals surface area contributed by atoms with Crippen molar-refractivity contribution in [3.8, 4) is 0 Å². The van der Waals surface area contributed by atoms with Crippen LogP contribution >= 0.6 is 0 Å². The number of rotatable bonds is 6. The number of aryl methyl sites for hydroxylation is 1. The number of imide groups is 1. The first-order chi connectivity index (χ1) is 11.5. The fraction of sp³-hybridized carbons (Fsp3) is 0.800. The van der Waals surface area contributed by atoms with Crippen molar-refractivity contribution in [2.24, 2.45) is 0 Å². The lowest BCUT2D eigenvalue weighted by Gasteiger charge is -2.23. The largest absolute Gasteiger partial charge is 0.325 e. The molecule has 0 unspecified atom stereocenters. The smallest absolute Gasteiger partial charge is 0.322 e. The summed E-state index contributed by atoms with van der Waals surface area (Å²) in [6.07, 6.45) is 2.73. The molecule has 2 aliphatic rings. The highest BCUT2D eigenvalue weighted by molar-refractivity contribution is 6.07. The van der Waals surface area contributed by atoms with Crippen molar-refractivity contribution in [2.75, 3.05) is 13.1 Å². The second-order valence-electron chi connectivity index (χ2n) is 6.91. The topological polar surface area (TPSA) is 96.2 Å². The van der Waals surface area contributed by atoms with Crippen LogP contribution in [0.2, 0.25) is 0 Å². The lowest BCUT2D eigenvalue weighted by Crippen LogP contribution is -2.49. The van der Waals surface area contributed by atoms with Gasteiger partial charge in [0, 0.05) is 25.7 Å². The Kier molecular flexibility index (Phi) is 4.53. The summed E-state index contributed by atoms with van der Waals surface area (Å²) in [6, 6.07) is -0.420. The number of carbonyl (C=O) groups is 2. The van der Waals surface area contributed by atoms with E-state index in [0.717, 1.165) is 31.8 Å². The fourth-order valence-electron chi connectivity index (χ4n) is 3.43. The number of nitrogens with zero attached hydrogens (tertiary/aromatic N) is 6. The predicted octanol–water partition coefficient (Wildman–Crippen LogP) is 0.378. The number of unbranched alkanes of at least 4 members (excludes halogenated alkanes) is 1. The summed E-state index contributed by atoms with van der Waals surface area (Å²) in [4.78, 5) is 28.3. The zero-order chi connectivity index (χ0) is 17.3.